The standard InChI is InChI=1S/C8H13NO/c1-4-5-6(7(10)9-4)8(5,2)3/h5-7,10H,1-3H3. The smallest absolute Gasteiger partial charge is 0.149 e. The summed E-state index contributed by atoms with van der Waals surface area (Å²) in [4.78, 5) is 4.09. The van der Waals surface area contributed by atoms with Crippen LogP contribution in [0.1, 0.15) is 20.8 Å². The van der Waals surface area contributed by atoms with Gasteiger partial charge in [0.2, 0.25) is 0 Å². The van der Waals surface area contributed by atoms with Gasteiger partial charge in [0.1, 0.15) is 6.23 Å². The van der Waals surface area contributed by atoms with Crippen LogP contribution in [0.15, 0.2) is 4.99 Å². The highest BCUT2D eigenvalue weighted by molar-refractivity contribution is 5.90. The number of aliphatic imine (C=N–C) groups is 1. The maximum Gasteiger partial charge on any atom is 0.149 e. The molecule has 1 fully saturated rings. The number of nitrogens with zero attached hydrogens (tertiary/aromatic N) is 1. The van der Waals surface area contributed by atoms with Gasteiger partial charge in [-0.15, -0.1) is 0 Å². The van der Waals surface area contributed by atoms with Crippen molar-refractivity contribution in [2.75, 3.05) is 0 Å². The van der Waals surface area contributed by atoms with E-state index in [0.29, 0.717) is 17.3 Å². The van der Waals surface area contributed by atoms with Crippen LogP contribution in [-0.4, -0.2) is 17.0 Å². The van der Waals surface area contributed by atoms with Crippen LogP contribution in [0.2, 0.25) is 0 Å². The van der Waals surface area contributed by atoms with Crippen molar-refractivity contribution in [2.45, 2.75) is 27.0 Å². The molecule has 3 unspecified atom stereocenters. The van der Waals surface area contributed by atoms with Gasteiger partial charge in [-0.1, -0.05) is 13.8 Å². The zero-order valence-corrected chi connectivity index (χ0v) is 6.63. The topological polar surface area (TPSA) is 32.6 Å². The van der Waals surface area contributed by atoms with Crippen LogP contribution in [0.3, 0.4) is 0 Å². The first kappa shape index (κ1) is 6.35. The molecular weight excluding hydrogens is 126 g/mol. The largest absolute Gasteiger partial charge is 0.371 e. The van der Waals surface area contributed by atoms with Gasteiger partial charge in [0.15, 0.2) is 0 Å². The van der Waals surface area contributed by atoms with E-state index in [1.54, 1.807) is 0 Å². The van der Waals surface area contributed by atoms with Gasteiger partial charge in [0, 0.05) is 17.5 Å². The van der Waals surface area contributed by atoms with E-state index in [0.717, 1.165) is 5.71 Å². The van der Waals surface area contributed by atoms with Crippen molar-refractivity contribution in [3.63, 3.8) is 0 Å². The molecule has 1 aliphatic carbocycles. The fourth-order valence-corrected chi connectivity index (χ4v) is 2.40. The summed E-state index contributed by atoms with van der Waals surface area (Å²) < 4.78 is 0. The minimum atomic E-state index is -0.403. The summed E-state index contributed by atoms with van der Waals surface area (Å²) in [6, 6.07) is 0. The van der Waals surface area contributed by atoms with Crippen molar-refractivity contribution in [3.8, 4) is 0 Å². The van der Waals surface area contributed by atoms with Gasteiger partial charge in [-0.2, -0.15) is 0 Å². The van der Waals surface area contributed by atoms with Crippen LogP contribution < -0.4 is 0 Å². The average molecular weight is 139 g/mol. The summed E-state index contributed by atoms with van der Waals surface area (Å²) >= 11 is 0. The fraction of sp³-hybridized carbons (Fsp3) is 0.875. The molecule has 0 aromatic heterocycles. The first-order valence-corrected chi connectivity index (χ1v) is 3.77. The lowest BCUT2D eigenvalue weighted by Crippen LogP contribution is -2.10. The molecule has 2 heteroatoms. The molecule has 10 heavy (non-hydrogen) atoms. The summed E-state index contributed by atoms with van der Waals surface area (Å²) in [5, 5.41) is 9.36. The van der Waals surface area contributed by atoms with Gasteiger partial charge in [-0.25, -0.2) is 0 Å². The summed E-state index contributed by atoms with van der Waals surface area (Å²) in [5.41, 5.74) is 1.47. The van der Waals surface area contributed by atoms with Gasteiger partial charge in [0.25, 0.3) is 0 Å². The minimum Gasteiger partial charge on any atom is -0.371 e. The third-order valence-corrected chi connectivity index (χ3v) is 3.02. The Labute approximate surface area is 61.0 Å². The zero-order valence-electron chi connectivity index (χ0n) is 6.63. The highest BCUT2D eigenvalue weighted by Crippen LogP contribution is 2.63. The second kappa shape index (κ2) is 1.45. The maximum absolute atomic E-state index is 9.36. The normalized spacial score (nSPS) is 48.4. The molecule has 0 bridgehead atoms. The number of aliphatic hydroxyl groups excluding tert-OH is 1. The second-order valence-electron chi connectivity index (χ2n) is 4.01. The minimum absolute atomic E-state index is 0.325. The molecule has 0 radical (unpaired) electrons. The van der Waals surface area contributed by atoms with Gasteiger partial charge in [-0.3, -0.25) is 4.99 Å². The summed E-state index contributed by atoms with van der Waals surface area (Å²) in [5.74, 6) is 0.995. The quantitative estimate of drug-likeness (QED) is 0.534. The Morgan fingerprint density at radius 2 is 2.10 bits per heavy atom. The van der Waals surface area contributed by atoms with Gasteiger partial charge in [0.05, 0.1) is 0 Å². The summed E-state index contributed by atoms with van der Waals surface area (Å²) in [6.45, 7) is 6.41. The SMILES string of the molecule is CC1=NC(O)C2C1C2(C)C. The van der Waals surface area contributed by atoms with E-state index in [1.165, 1.54) is 0 Å². The van der Waals surface area contributed by atoms with E-state index in [4.69, 9.17) is 0 Å². The molecule has 0 aromatic rings. The van der Waals surface area contributed by atoms with Crippen molar-refractivity contribution in [3.05, 3.63) is 0 Å². The molecule has 56 valence electrons. The van der Waals surface area contributed by atoms with E-state index in [-0.39, 0.29) is 0 Å². The Kier molecular flexibility index (Phi) is 0.919. The highest BCUT2D eigenvalue weighted by Gasteiger charge is 2.65. The molecule has 1 heterocycles. The molecular formula is C8H13NO. The van der Waals surface area contributed by atoms with Crippen LogP contribution in [0.5, 0.6) is 0 Å². The van der Waals surface area contributed by atoms with Crippen LogP contribution in [0.25, 0.3) is 0 Å². The third kappa shape index (κ3) is 0.511. The number of hydrogen-bond donors (Lipinski definition) is 1. The van der Waals surface area contributed by atoms with Crippen LogP contribution in [0.4, 0.5) is 0 Å². The van der Waals surface area contributed by atoms with E-state index in [9.17, 15) is 5.11 Å². The average Bonchev–Trinajstić information content (AvgIpc) is 2.17. The molecule has 0 spiro atoms. The number of hydrogen-bond acceptors (Lipinski definition) is 2. The molecule has 1 N–H and O–H groups in total. The fourth-order valence-electron chi connectivity index (χ4n) is 2.40. The lowest BCUT2D eigenvalue weighted by atomic mass is 10.1. The second-order valence-corrected chi connectivity index (χ2v) is 4.01. The Morgan fingerprint density at radius 3 is 2.30 bits per heavy atom. The number of rotatable bonds is 0. The van der Waals surface area contributed by atoms with Crippen LogP contribution >= 0.6 is 0 Å². The Balaban J connectivity index is 2.29. The molecule has 0 amide bonds. The van der Waals surface area contributed by atoms with Crippen molar-refractivity contribution in [1.82, 2.24) is 0 Å². The van der Waals surface area contributed by atoms with Crippen molar-refractivity contribution in [1.29, 1.82) is 0 Å². The Morgan fingerprint density at radius 1 is 1.50 bits per heavy atom. The lowest BCUT2D eigenvalue weighted by molar-refractivity contribution is 0.149. The first-order chi connectivity index (χ1) is 4.55. The maximum atomic E-state index is 9.36. The highest BCUT2D eigenvalue weighted by atomic mass is 16.3. The van der Waals surface area contributed by atoms with Crippen molar-refractivity contribution >= 4 is 5.71 Å². The lowest BCUT2D eigenvalue weighted by Gasteiger charge is -2.08. The molecule has 0 saturated heterocycles. The zero-order chi connectivity index (χ0) is 7.52. The Hall–Kier alpha value is -0.370. The van der Waals surface area contributed by atoms with E-state index >= 15 is 0 Å². The molecule has 2 rings (SSSR count). The molecule has 0 aromatic carbocycles. The summed E-state index contributed by atoms with van der Waals surface area (Å²) in [6.07, 6.45) is -0.403. The van der Waals surface area contributed by atoms with Crippen LogP contribution in [0, 0.1) is 17.3 Å². The molecule has 3 atom stereocenters. The van der Waals surface area contributed by atoms with Crippen molar-refractivity contribution < 1.29 is 5.11 Å². The summed E-state index contributed by atoms with van der Waals surface area (Å²) in [7, 11) is 0. The molecule has 1 saturated carbocycles. The predicted octanol–water partition coefficient (Wildman–Crippen LogP) is 1.05. The van der Waals surface area contributed by atoms with Gasteiger partial charge >= 0.3 is 0 Å². The van der Waals surface area contributed by atoms with Gasteiger partial charge in [-0.05, 0) is 12.3 Å². The third-order valence-electron chi connectivity index (χ3n) is 3.02. The monoisotopic (exact) mass is 139 g/mol. The Bertz CT molecular complexity index is 207. The molecule has 2 nitrogen and oxygen atoms in total. The predicted molar refractivity (Wildman–Crippen MR) is 39.9 cm³/mol. The number of fused-ring (bicyclic) bond motifs is 1. The number of aliphatic hydroxyl groups is 1. The van der Waals surface area contributed by atoms with E-state index in [1.807, 2.05) is 6.92 Å². The van der Waals surface area contributed by atoms with E-state index in [2.05, 4.69) is 18.8 Å². The van der Waals surface area contributed by atoms with Crippen LogP contribution in [-0.2, 0) is 0 Å². The van der Waals surface area contributed by atoms with Gasteiger partial charge < -0.3 is 5.11 Å². The molecule has 1 aliphatic heterocycles. The first-order valence-electron chi connectivity index (χ1n) is 3.77. The molecule has 2 aliphatic rings. The van der Waals surface area contributed by atoms with Crippen molar-refractivity contribution in [2.24, 2.45) is 22.2 Å². The van der Waals surface area contributed by atoms with E-state index < -0.39 is 6.23 Å².